The number of aromatic amines is 2. The van der Waals surface area contributed by atoms with Crippen LogP contribution < -0.4 is 10.4 Å². The molecule has 2 aromatic rings. The average molecular weight is 313 g/mol. The number of hydrogen-bond acceptors (Lipinski definition) is 4. The highest BCUT2D eigenvalue weighted by molar-refractivity contribution is 7.89. The summed E-state index contributed by atoms with van der Waals surface area (Å²) in [7, 11) is -3.87. The molecule has 1 aromatic heterocycles. The molecule has 114 valence electrons. The summed E-state index contributed by atoms with van der Waals surface area (Å²) in [5.41, 5.74) is 0.424. The molecule has 0 bridgehead atoms. The Hall–Kier alpha value is -2.13. The van der Waals surface area contributed by atoms with Crippen molar-refractivity contribution in [2.24, 2.45) is 5.92 Å². The fourth-order valence-electron chi connectivity index (χ4n) is 1.81. The summed E-state index contributed by atoms with van der Waals surface area (Å²) >= 11 is 0. The van der Waals surface area contributed by atoms with Crippen molar-refractivity contribution < 1.29 is 18.3 Å². The lowest BCUT2D eigenvalue weighted by Gasteiger charge is -2.17. The van der Waals surface area contributed by atoms with Gasteiger partial charge in [0.2, 0.25) is 10.0 Å². The van der Waals surface area contributed by atoms with Crippen LogP contribution in [-0.4, -0.2) is 35.5 Å². The van der Waals surface area contributed by atoms with Crippen molar-refractivity contribution >= 4 is 27.0 Å². The average Bonchev–Trinajstić information content (AvgIpc) is 2.75. The largest absolute Gasteiger partial charge is 0.481 e. The monoisotopic (exact) mass is 313 g/mol. The van der Waals surface area contributed by atoms with E-state index in [2.05, 4.69) is 14.7 Å². The van der Waals surface area contributed by atoms with E-state index in [4.69, 9.17) is 5.11 Å². The molecule has 0 aliphatic rings. The zero-order chi connectivity index (χ0) is 15.8. The summed E-state index contributed by atoms with van der Waals surface area (Å²) in [4.78, 5) is 26.9. The molecule has 9 heteroatoms. The van der Waals surface area contributed by atoms with Crippen molar-refractivity contribution in [3.05, 3.63) is 28.7 Å². The first-order chi connectivity index (χ1) is 9.70. The van der Waals surface area contributed by atoms with Crippen molar-refractivity contribution in [3.8, 4) is 0 Å². The molecule has 0 saturated carbocycles. The highest BCUT2D eigenvalue weighted by Gasteiger charge is 2.25. The second kappa shape index (κ2) is 5.34. The van der Waals surface area contributed by atoms with Crippen molar-refractivity contribution in [1.29, 1.82) is 0 Å². The molecule has 1 heterocycles. The molecule has 2 atom stereocenters. The second-order valence-corrected chi connectivity index (χ2v) is 6.54. The molecular formula is C12H15N3O5S. The van der Waals surface area contributed by atoms with Crippen molar-refractivity contribution in [3.63, 3.8) is 0 Å². The first kappa shape index (κ1) is 15.3. The molecule has 2 unspecified atom stereocenters. The van der Waals surface area contributed by atoms with Gasteiger partial charge in [0.05, 0.1) is 21.8 Å². The van der Waals surface area contributed by atoms with E-state index in [1.807, 2.05) is 0 Å². The molecule has 21 heavy (non-hydrogen) atoms. The molecule has 2 rings (SSSR count). The molecule has 4 N–H and O–H groups in total. The van der Waals surface area contributed by atoms with E-state index >= 15 is 0 Å². The van der Waals surface area contributed by atoms with Crippen molar-refractivity contribution in [1.82, 2.24) is 14.7 Å². The van der Waals surface area contributed by atoms with E-state index in [0.717, 1.165) is 0 Å². The summed E-state index contributed by atoms with van der Waals surface area (Å²) in [5, 5.41) is 8.89. The Morgan fingerprint density at radius 2 is 1.86 bits per heavy atom. The minimum absolute atomic E-state index is 0.0466. The molecule has 0 amide bonds. The second-order valence-electron chi connectivity index (χ2n) is 4.82. The van der Waals surface area contributed by atoms with Crippen molar-refractivity contribution in [2.45, 2.75) is 24.8 Å². The molecule has 0 radical (unpaired) electrons. The number of fused-ring (bicyclic) bond motifs is 1. The van der Waals surface area contributed by atoms with Gasteiger partial charge >= 0.3 is 11.7 Å². The van der Waals surface area contributed by atoms with Crippen LogP contribution in [0.4, 0.5) is 0 Å². The Bertz CT molecular complexity index is 836. The minimum atomic E-state index is -3.87. The standard InChI is InChI=1S/C12H15N3O5S/c1-6(11(16)17)7(2)15-21(19,20)8-3-4-9-10(5-8)14-12(18)13-9/h3-7,15H,1-2H3,(H,16,17)(H2,13,14,18). The molecule has 0 spiro atoms. The zero-order valence-electron chi connectivity index (χ0n) is 11.4. The third kappa shape index (κ3) is 3.14. The Morgan fingerprint density at radius 1 is 1.24 bits per heavy atom. The number of hydrogen-bond donors (Lipinski definition) is 4. The number of carboxylic acid groups (broad SMARTS) is 1. The van der Waals surface area contributed by atoms with Crippen molar-refractivity contribution in [2.75, 3.05) is 0 Å². The summed E-state index contributed by atoms with van der Waals surface area (Å²) < 4.78 is 26.7. The van der Waals surface area contributed by atoms with Gasteiger partial charge < -0.3 is 15.1 Å². The molecule has 0 aliphatic carbocycles. The van der Waals surface area contributed by atoms with Crippen LogP contribution in [0.2, 0.25) is 0 Å². The van der Waals surface area contributed by atoms with Gasteiger partial charge in [0, 0.05) is 6.04 Å². The SMILES string of the molecule is CC(NS(=O)(=O)c1ccc2[nH]c(=O)[nH]c2c1)C(C)C(=O)O. The molecule has 0 aliphatic heterocycles. The van der Waals surface area contributed by atoms with Gasteiger partial charge in [-0.25, -0.2) is 17.9 Å². The molecule has 8 nitrogen and oxygen atoms in total. The number of aliphatic carboxylic acids is 1. The number of H-pyrrole nitrogens is 2. The van der Waals surface area contributed by atoms with E-state index in [1.165, 1.54) is 32.0 Å². The van der Waals surface area contributed by atoms with Gasteiger partial charge in [-0.1, -0.05) is 6.92 Å². The first-order valence-electron chi connectivity index (χ1n) is 6.18. The summed E-state index contributed by atoms with van der Waals surface area (Å²) in [6.07, 6.45) is 0. The van der Waals surface area contributed by atoms with Crippen LogP contribution in [-0.2, 0) is 14.8 Å². The first-order valence-corrected chi connectivity index (χ1v) is 7.66. The van der Waals surface area contributed by atoms with Crippen LogP contribution in [0.3, 0.4) is 0 Å². The number of carboxylic acids is 1. The van der Waals surface area contributed by atoms with E-state index in [9.17, 15) is 18.0 Å². The molecule has 1 aromatic carbocycles. The highest BCUT2D eigenvalue weighted by atomic mass is 32.2. The van der Waals surface area contributed by atoms with Gasteiger partial charge in [0.15, 0.2) is 0 Å². The van der Waals surface area contributed by atoms with Crippen LogP contribution in [0.1, 0.15) is 13.8 Å². The van der Waals surface area contributed by atoms with Gasteiger partial charge in [0.25, 0.3) is 0 Å². The molecular weight excluding hydrogens is 298 g/mol. The van der Waals surface area contributed by atoms with Crippen LogP contribution >= 0.6 is 0 Å². The summed E-state index contributed by atoms with van der Waals surface area (Å²) in [6, 6.07) is 3.35. The number of benzene rings is 1. The van der Waals surface area contributed by atoms with Crippen LogP contribution in [0.5, 0.6) is 0 Å². The van der Waals surface area contributed by atoms with E-state index < -0.39 is 33.6 Å². The highest BCUT2D eigenvalue weighted by Crippen LogP contribution is 2.16. The normalized spacial score (nSPS) is 15.0. The third-order valence-electron chi connectivity index (χ3n) is 3.28. The quantitative estimate of drug-likeness (QED) is 0.628. The van der Waals surface area contributed by atoms with Gasteiger partial charge in [-0.05, 0) is 25.1 Å². The topological polar surface area (TPSA) is 132 Å². The Kier molecular flexibility index (Phi) is 3.88. The smallest absolute Gasteiger partial charge is 0.323 e. The maximum atomic E-state index is 12.2. The predicted octanol–water partition coefficient (Wildman–Crippen LogP) is 0.244. The third-order valence-corrected chi connectivity index (χ3v) is 4.83. The van der Waals surface area contributed by atoms with Gasteiger partial charge in [-0.15, -0.1) is 0 Å². The maximum Gasteiger partial charge on any atom is 0.323 e. The van der Waals surface area contributed by atoms with E-state index in [1.54, 1.807) is 0 Å². The van der Waals surface area contributed by atoms with E-state index in [0.29, 0.717) is 11.0 Å². The lowest BCUT2D eigenvalue weighted by molar-refractivity contribution is -0.141. The van der Waals surface area contributed by atoms with Gasteiger partial charge in [-0.2, -0.15) is 0 Å². The number of sulfonamides is 1. The lowest BCUT2D eigenvalue weighted by atomic mass is 10.1. The number of nitrogens with one attached hydrogen (secondary N) is 3. The number of carbonyl (C=O) groups is 1. The fraction of sp³-hybridized carbons (Fsp3) is 0.333. The van der Waals surface area contributed by atoms with Crippen LogP contribution in [0, 0.1) is 5.92 Å². The van der Waals surface area contributed by atoms with Gasteiger partial charge in [0.1, 0.15) is 0 Å². The fourth-order valence-corrected chi connectivity index (χ4v) is 3.16. The zero-order valence-corrected chi connectivity index (χ0v) is 12.2. The number of imidazole rings is 1. The molecule has 0 fully saturated rings. The van der Waals surface area contributed by atoms with Crippen LogP contribution in [0.15, 0.2) is 27.9 Å². The Balaban J connectivity index is 2.33. The summed E-state index contributed by atoms with van der Waals surface area (Å²) in [5.74, 6) is -1.95. The summed E-state index contributed by atoms with van der Waals surface area (Å²) in [6.45, 7) is 2.90. The Morgan fingerprint density at radius 3 is 2.48 bits per heavy atom. The number of rotatable bonds is 5. The number of aromatic nitrogens is 2. The molecule has 0 saturated heterocycles. The maximum absolute atomic E-state index is 12.2. The Labute approximate surface area is 120 Å². The predicted molar refractivity (Wildman–Crippen MR) is 75.5 cm³/mol. The van der Waals surface area contributed by atoms with Crippen LogP contribution in [0.25, 0.3) is 11.0 Å². The van der Waals surface area contributed by atoms with E-state index in [-0.39, 0.29) is 4.90 Å². The van der Waals surface area contributed by atoms with Gasteiger partial charge in [-0.3, -0.25) is 4.79 Å². The minimum Gasteiger partial charge on any atom is -0.481 e. The lowest BCUT2D eigenvalue weighted by Crippen LogP contribution is -2.39.